The van der Waals surface area contributed by atoms with Gasteiger partial charge in [0.25, 0.3) is 0 Å². The molecule has 1 saturated heterocycles. The smallest absolute Gasteiger partial charge is 0.328 e. The molecular weight excluding hydrogens is 300 g/mol. The van der Waals surface area contributed by atoms with Crippen LogP contribution in [0.2, 0.25) is 0 Å². The molecule has 0 bridgehead atoms. The van der Waals surface area contributed by atoms with E-state index in [1.54, 1.807) is 35.0 Å². The van der Waals surface area contributed by atoms with Crippen molar-refractivity contribution in [2.75, 3.05) is 19.8 Å². The van der Waals surface area contributed by atoms with E-state index in [1.165, 1.54) is 11.0 Å². The summed E-state index contributed by atoms with van der Waals surface area (Å²) in [4.78, 5) is 37.0. The summed E-state index contributed by atoms with van der Waals surface area (Å²) >= 11 is 0. The van der Waals surface area contributed by atoms with Crippen molar-refractivity contribution in [1.82, 2.24) is 9.47 Å². The van der Waals surface area contributed by atoms with Gasteiger partial charge in [-0.05, 0) is 12.1 Å². The number of carbonyl (C=O) groups excluding carboxylic acids is 1. The van der Waals surface area contributed by atoms with Gasteiger partial charge in [-0.15, -0.1) is 0 Å². The number of ether oxygens (including phenoxy) is 1. The summed E-state index contributed by atoms with van der Waals surface area (Å²) in [6.07, 6.45) is 1.55. The van der Waals surface area contributed by atoms with Crippen molar-refractivity contribution >= 4 is 22.8 Å². The third kappa shape index (κ3) is 2.95. The molecule has 3 rings (SSSR count). The Hall–Kier alpha value is -2.67. The number of pyridine rings is 1. The zero-order chi connectivity index (χ0) is 16.4. The highest BCUT2D eigenvalue weighted by Gasteiger charge is 2.32. The van der Waals surface area contributed by atoms with E-state index >= 15 is 0 Å². The molecule has 1 amide bonds. The van der Waals surface area contributed by atoms with Crippen LogP contribution in [-0.4, -0.2) is 52.3 Å². The molecule has 0 aliphatic carbocycles. The van der Waals surface area contributed by atoms with Gasteiger partial charge in [0.15, 0.2) is 11.5 Å². The van der Waals surface area contributed by atoms with Crippen LogP contribution < -0.4 is 5.43 Å². The number of para-hydroxylation sites is 1. The van der Waals surface area contributed by atoms with Crippen LogP contribution in [0.4, 0.5) is 0 Å². The van der Waals surface area contributed by atoms with Crippen LogP contribution in [0.15, 0.2) is 41.3 Å². The third-order valence-electron chi connectivity index (χ3n) is 3.92. The van der Waals surface area contributed by atoms with Crippen LogP contribution in [-0.2, 0) is 20.9 Å². The summed E-state index contributed by atoms with van der Waals surface area (Å²) in [6, 6.07) is 7.45. The Morgan fingerprint density at radius 3 is 2.83 bits per heavy atom. The second kappa shape index (κ2) is 6.21. The predicted molar refractivity (Wildman–Crippen MR) is 82.2 cm³/mol. The molecule has 1 aliphatic heterocycles. The van der Waals surface area contributed by atoms with Gasteiger partial charge in [-0.2, -0.15) is 0 Å². The maximum atomic E-state index is 12.5. The summed E-state index contributed by atoms with van der Waals surface area (Å²) in [5.74, 6) is -1.39. The minimum absolute atomic E-state index is 0.00795. The third-order valence-corrected chi connectivity index (χ3v) is 3.92. The van der Waals surface area contributed by atoms with Crippen LogP contribution in [0.1, 0.15) is 0 Å². The van der Waals surface area contributed by atoms with Crippen LogP contribution >= 0.6 is 0 Å². The van der Waals surface area contributed by atoms with Gasteiger partial charge in [-0.1, -0.05) is 12.1 Å². The number of benzene rings is 1. The Morgan fingerprint density at radius 1 is 1.26 bits per heavy atom. The molecule has 1 aliphatic rings. The predicted octanol–water partition coefficient (Wildman–Crippen LogP) is 0.314. The number of carbonyl (C=O) groups is 2. The Kier molecular flexibility index (Phi) is 4.12. The van der Waals surface area contributed by atoms with Crippen molar-refractivity contribution in [2.45, 2.75) is 12.6 Å². The molecule has 1 fully saturated rings. The first kappa shape index (κ1) is 15.2. The maximum absolute atomic E-state index is 12.5. The molecule has 1 unspecified atom stereocenters. The van der Waals surface area contributed by atoms with Crippen LogP contribution in [0.25, 0.3) is 10.9 Å². The van der Waals surface area contributed by atoms with E-state index in [4.69, 9.17) is 4.74 Å². The van der Waals surface area contributed by atoms with E-state index in [0.29, 0.717) is 17.5 Å². The van der Waals surface area contributed by atoms with Gasteiger partial charge in [0.05, 0.1) is 18.7 Å². The van der Waals surface area contributed by atoms with E-state index in [-0.39, 0.29) is 31.0 Å². The molecule has 0 radical (unpaired) electrons. The lowest BCUT2D eigenvalue weighted by Gasteiger charge is -2.33. The average molecular weight is 316 g/mol. The van der Waals surface area contributed by atoms with E-state index < -0.39 is 12.0 Å². The molecular formula is C16H16N2O5. The average Bonchev–Trinajstić information content (AvgIpc) is 2.57. The zero-order valence-corrected chi connectivity index (χ0v) is 12.3. The summed E-state index contributed by atoms with van der Waals surface area (Å²) in [5, 5.41) is 9.74. The second-order valence-electron chi connectivity index (χ2n) is 5.34. The molecule has 7 heteroatoms. The van der Waals surface area contributed by atoms with Crippen LogP contribution in [0.5, 0.6) is 0 Å². The Balaban J connectivity index is 1.90. The summed E-state index contributed by atoms with van der Waals surface area (Å²) in [6.45, 7) is 0.533. The van der Waals surface area contributed by atoms with Gasteiger partial charge < -0.3 is 19.3 Å². The van der Waals surface area contributed by atoms with Gasteiger partial charge in [0.2, 0.25) is 5.91 Å². The van der Waals surface area contributed by atoms with Gasteiger partial charge >= 0.3 is 5.97 Å². The molecule has 120 valence electrons. The molecule has 23 heavy (non-hydrogen) atoms. The molecule has 1 atom stereocenters. The lowest BCUT2D eigenvalue weighted by molar-refractivity contribution is -0.158. The summed E-state index contributed by atoms with van der Waals surface area (Å²) in [5.41, 5.74) is 0.535. The quantitative estimate of drug-likeness (QED) is 0.880. The van der Waals surface area contributed by atoms with Gasteiger partial charge in [0.1, 0.15) is 6.54 Å². The molecule has 2 aromatic rings. The largest absolute Gasteiger partial charge is 0.480 e. The SMILES string of the molecule is O=C(O)C1COCCN1C(=O)Cn1ccc(=O)c2ccccc21. The van der Waals surface area contributed by atoms with Crippen molar-refractivity contribution in [3.63, 3.8) is 0 Å². The molecule has 7 nitrogen and oxygen atoms in total. The minimum atomic E-state index is -1.08. The van der Waals surface area contributed by atoms with E-state index in [2.05, 4.69) is 0 Å². The number of fused-ring (bicyclic) bond motifs is 1. The van der Waals surface area contributed by atoms with Crippen molar-refractivity contribution < 1.29 is 19.4 Å². The number of morpholine rings is 1. The van der Waals surface area contributed by atoms with E-state index in [9.17, 15) is 19.5 Å². The number of amides is 1. The minimum Gasteiger partial charge on any atom is -0.480 e. The zero-order valence-electron chi connectivity index (χ0n) is 12.3. The monoisotopic (exact) mass is 316 g/mol. The Labute approximate surface area is 131 Å². The summed E-state index contributed by atoms with van der Waals surface area (Å²) in [7, 11) is 0. The fraction of sp³-hybridized carbons (Fsp3) is 0.312. The fourth-order valence-electron chi connectivity index (χ4n) is 2.74. The fourth-order valence-corrected chi connectivity index (χ4v) is 2.74. The molecule has 0 spiro atoms. The Morgan fingerprint density at radius 2 is 2.04 bits per heavy atom. The van der Waals surface area contributed by atoms with Gasteiger partial charge in [-0.3, -0.25) is 9.59 Å². The van der Waals surface area contributed by atoms with Crippen molar-refractivity contribution in [2.24, 2.45) is 0 Å². The molecule has 1 aromatic carbocycles. The molecule has 1 N–H and O–H groups in total. The number of aromatic nitrogens is 1. The number of carboxylic acids is 1. The number of aliphatic carboxylic acids is 1. The first-order valence-electron chi connectivity index (χ1n) is 7.26. The first-order chi connectivity index (χ1) is 11.1. The van der Waals surface area contributed by atoms with Crippen molar-refractivity contribution in [3.8, 4) is 0 Å². The van der Waals surface area contributed by atoms with Crippen molar-refractivity contribution in [3.05, 3.63) is 46.8 Å². The number of rotatable bonds is 3. The van der Waals surface area contributed by atoms with E-state index in [1.807, 2.05) is 0 Å². The molecule has 2 heterocycles. The van der Waals surface area contributed by atoms with Gasteiger partial charge in [0, 0.05) is 24.2 Å². The Bertz CT molecular complexity index is 813. The van der Waals surface area contributed by atoms with Gasteiger partial charge in [-0.25, -0.2) is 4.79 Å². The normalized spacial score (nSPS) is 18.1. The van der Waals surface area contributed by atoms with E-state index in [0.717, 1.165) is 0 Å². The lowest BCUT2D eigenvalue weighted by atomic mass is 10.2. The number of hydrogen-bond donors (Lipinski definition) is 1. The van der Waals surface area contributed by atoms with Crippen LogP contribution in [0, 0.1) is 0 Å². The standard InChI is InChI=1S/C16H16N2O5/c19-14-5-6-17(12-4-2-1-3-11(12)14)9-15(20)18-7-8-23-10-13(18)16(21)22/h1-6,13H,7-10H2,(H,21,22). The highest BCUT2D eigenvalue weighted by molar-refractivity contribution is 5.85. The molecule has 0 saturated carbocycles. The number of carboxylic acid groups (broad SMARTS) is 1. The first-order valence-corrected chi connectivity index (χ1v) is 7.26. The highest BCUT2D eigenvalue weighted by atomic mass is 16.5. The number of hydrogen-bond acceptors (Lipinski definition) is 4. The maximum Gasteiger partial charge on any atom is 0.328 e. The van der Waals surface area contributed by atoms with Crippen LogP contribution in [0.3, 0.4) is 0 Å². The number of nitrogens with zero attached hydrogens (tertiary/aromatic N) is 2. The highest BCUT2D eigenvalue weighted by Crippen LogP contribution is 2.12. The van der Waals surface area contributed by atoms with Crippen molar-refractivity contribution in [1.29, 1.82) is 0 Å². The topological polar surface area (TPSA) is 88.8 Å². The molecule has 1 aromatic heterocycles. The lowest BCUT2D eigenvalue weighted by Crippen LogP contribution is -2.53. The summed E-state index contributed by atoms with van der Waals surface area (Å²) < 4.78 is 6.80. The second-order valence-corrected chi connectivity index (χ2v) is 5.34.